The summed E-state index contributed by atoms with van der Waals surface area (Å²) in [7, 11) is 2.01. The summed E-state index contributed by atoms with van der Waals surface area (Å²) < 4.78 is 27.0. The van der Waals surface area contributed by atoms with Crippen molar-refractivity contribution in [3.8, 4) is 11.1 Å². The van der Waals surface area contributed by atoms with E-state index in [2.05, 4.69) is 4.90 Å². The second-order valence-corrected chi connectivity index (χ2v) is 6.48. The molecule has 4 nitrogen and oxygen atoms in total. The molecule has 1 aliphatic rings. The van der Waals surface area contributed by atoms with Crippen LogP contribution in [0.5, 0.6) is 0 Å². The number of hydrogen-bond acceptors (Lipinski definition) is 2. The van der Waals surface area contributed by atoms with E-state index in [4.69, 9.17) is 0 Å². The van der Waals surface area contributed by atoms with Gasteiger partial charge < -0.3 is 10.0 Å². The highest BCUT2D eigenvalue weighted by atomic mass is 19.1. The van der Waals surface area contributed by atoms with Crippen molar-refractivity contribution >= 4 is 11.8 Å². The zero-order valence-electron chi connectivity index (χ0n) is 14.0. The lowest BCUT2D eigenvalue weighted by Gasteiger charge is -2.25. The summed E-state index contributed by atoms with van der Waals surface area (Å²) in [5.41, 5.74) is 1.43. The van der Waals surface area contributed by atoms with Crippen molar-refractivity contribution in [2.75, 3.05) is 31.6 Å². The predicted octanol–water partition coefficient (Wildman–Crippen LogP) is 4.07. The first-order chi connectivity index (χ1) is 11.9. The fourth-order valence-electron chi connectivity index (χ4n) is 3.32. The highest BCUT2D eigenvalue weighted by Gasteiger charge is 2.27. The van der Waals surface area contributed by atoms with Crippen molar-refractivity contribution in [3.05, 3.63) is 54.1 Å². The predicted molar refractivity (Wildman–Crippen MR) is 92.8 cm³/mol. The van der Waals surface area contributed by atoms with E-state index < -0.39 is 17.7 Å². The van der Waals surface area contributed by atoms with Gasteiger partial charge in [0.15, 0.2) is 0 Å². The molecule has 25 heavy (non-hydrogen) atoms. The van der Waals surface area contributed by atoms with Crippen LogP contribution in [0.2, 0.25) is 0 Å². The number of anilines is 1. The van der Waals surface area contributed by atoms with E-state index in [1.54, 1.807) is 0 Å². The Bertz CT molecular complexity index is 765. The Labute approximate surface area is 145 Å². The number of benzene rings is 2. The first-order valence-corrected chi connectivity index (χ1v) is 8.18. The fourth-order valence-corrected chi connectivity index (χ4v) is 3.32. The van der Waals surface area contributed by atoms with Crippen molar-refractivity contribution < 1.29 is 18.7 Å². The third-order valence-electron chi connectivity index (χ3n) is 4.57. The van der Waals surface area contributed by atoms with Crippen LogP contribution in [-0.2, 0) is 0 Å². The molecule has 1 atom stereocenters. The molecule has 6 heteroatoms. The number of halogens is 2. The lowest BCUT2D eigenvalue weighted by molar-refractivity contribution is 0.200. The van der Waals surface area contributed by atoms with E-state index in [0.29, 0.717) is 23.4 Å². The molecular weight excluding hydrogens is 326 g/mol. The average Bonchev–Trinajstić information content (AvgIpc) is 2.98. The maximum atomic E-state index is 13.8. The molecule has 132 valence electrons. The molecule has 1 aliphatic heterocycles. The number of likely N-dealkylation sites (tertiary alicyclic amines) is 1. The third kappa shape index (κ3) is 3.96. The largest absolute Gasteiger partial charge is 0.465 e. The summed E-state index contributed by atoms with van der Waals surface area (Å²) in [5.74, 6) is -0.632. The summed E-state index contributed by atoms with van der Waals surface area (Å²) in [6.45, 7) is 2.11. The number of nitrogens with zero attached hydrogens (tertiary/aromatic N) is 2. The van der Waals surface area contributed by atoms with Crippen LogP contribution in [-0.4, -0.2) is 42.8 Å². The second kappa shape index (κ2) is 7.19. The first kappa shape index (κ1) is 17.4. The van der Waals surface area contributed by atoms with E-state index in [9.17, 15) is 18.7 Å². The van der Waals surface area contributed by atoms with E-state index in [1.165, 1.54) is 47.4 Å². The van der Waals surface area contributed by atoms with Crippen molar-refractivity contribution in [2.24, 2.45) is 5.92 Å². The smallest absolute Gasteiger partial charge is 0.411 e. The van der Waals surface area contributed by atoms with Crippen LogP contribution in [0.3, 0.4) is 0 Å². The molecule has 1 N–H and O–H groups in total. The summed E-state index contributed by atoms with van der Waals surface area (Å²) in [6, 6.07) is 9.62. The van der Waals surface area contributed by atoms with E-state index in [1.807, 2.05) is 7.05 Å². The molecule has 1 unspecified atom stereocenters. The van der Waals surface area contributed by atoms with Crippen LogP contribution in [0.4, 0.5) is 19.3 Å². The van der Waals surface area contributed by atoms with E-state index in [-0.39, 0.29) is 5.92 Å². The Morgan fingerprint density at radius 1 is 1.20 bits per heavy atom. The SMILES string of the molecule is CN1CCC(CN(C(=O)O)c2ccc(F)cc2-c2ccc(F)cc2)C1. The number of carboxylic acid groups (broad SMARTS) is 1. The third-order valence-corrected chi connectivity index (χ3v) is 4.57. The molecule has 0 aliphatic carbocycles. The Kier molecular flexibility index (Phi) is 4.99. The topological polar surface area (TPSA) is 43.8 Å². The molecule has 0 bridgehead atoms. The minimum atomic E-state index is -1.08. The summed E-state index contributed by atoms with van der Waals surface area (Å²) in [5, 5.41) is 9.70. The highest BCUT2D eigenvalue weighted by Crippen LogP contribution is 2.33. The molecule has 3 rings (SSSR count). The van der Waals surface area contributed by atoms with Crippen LogP contribution < -0.4 is 4.90 Å². The molecule has 0 spiro atoms. The summed E-state index contributed by atoms with van der Waals surface area (Å²) in [4.78, 5) is 15.3. The monoisotopic (exact) mass is 346 g/mol. The normalized spacial score (nSPS) is 17.6. The number of rotatable bonds is 4. The van der Waals surface area contributed by atoms with Gasteiger partial charge in [-0.25, -0.2) is 13.6 Å². The van der Waals surface area contributed by atoms with Gasteiger partial charge in [-0.05, 0) is 61.8 Å². The Hall–Kier alpha value is -2.47. The fraction of sp³-hybridized carbons (Fsp3) is 0.316. The number of hydrogen-bond donors (Lipinski definition) is 1. The van der Waals surface area contributed by atoms with Crippen LogP contribution in [0.15, 0.2) is 42.5 Å². The van der Waals surface area contributed by atoms with Gasteiger partial charge in [0.25, 0.3) is 0 Å². The van der Waals surface area contributed by atoms with E-state index >= 15 is 0 Å². The Balaban J connectivity index is 1.98. The van der Waals surface area contributed by atoms with Crippen LogP contribution in [0, 0.1) is 17.6 Å². The molecule has 0 saturated carbocycles. The van der Waals surface area contributed by atoms with Gasteiger partial charge in [0, 0.05) is 18.7 Å². The van der Waals surface area contributed by atoms with Gasteiger partial charge in [-0.2, -0.15) is 0 Å². The first-order valence-electron chi connectivity index (χ1n) is 8.18. The van der Waals surface area contributed by atoms with Gasteiger partial charge in [0.1, 0.15) is 11.6 Å². The standard InChI is InChI=1S/C19H20F2N2O2/c1-22-9-8-13(11-22)12-23(19(24)25)18-7-6-16(21)10-17(18)14-2-4-15(20)5-3-14/h2-7,10,13H,8-9,11-12H2,1H3,(H,24,25). The van der Waals surface area contributed by atoms with Crippen LogP contribution >= 0.6 is 0 Å². The zero-order valence-corrected chi connectivity index (χ0v) is 14.0. The molecule has 1 saturated heterocycles. The van der Waals surface area contributed by atoms with Crippen molar-refractivity contribution in [3.63, 3.8) is 0 Å². The molecule has 1 heterocycles. The lowest BCUT2D eigenvalue weighted by atomic mass is 10.0. The van der Waals surface area contributed by atoms with Crippen LogP contribution in [0.1, 0.15) is 6.42 Å². The molecule has 1 amide bonds. The Morgan fingerprint density at radius 2 is 1.88 bits per heavy atom. The van der Waals surface area contributed by atoms with E-state index in [0.717, 1.165) is 19.5 Å². The van der Waals surface area contributed by atoms with Gasteiger partial charge in [-0.15, -0.1) is 0 Å². The number of amides is 1. The minimum absolute atomic E-state index is 0.229. The molecule has 0 radical (unpaired) electrons. The molecular formula is C19H20F2N2O2. The van der Waals surface area contributed by atoms with Gasteiger partial charge in [0.2, 0.25) is 0 Å². The maximum Gasteiger partial charge on any atom is 0.411 e. The Morgan fingerprint density at radius 3 is 2.48 bits per heavy atom. The summed E-state index contributed by atoms with van der Waals surface area (Å²) >= 11 is 0. The maximum absolute atomic E-state index is 13.8. The molecule has 2 aromatic rings. The van der Waals surface area contributed by atoms with Gasteiger partial charge >= 0.3 is 6.09 Å². The zero-order chi connectivity index (χ0) is 18.0. The highest BCUT2D eigenvalue weighted by molar-refractivity contribution is 5.92. The number of carbonyl (C=O) groups is 1. The van der Waals surface area contributed by atoms with Crippen LogP contribution in [0.25, 0.3) is 11.1 Å². The van der Waals surface area contributed by atoms with Gasteiger partial charge in [0.05, 0.1) is 5.69 Å². The quantitative estimate of drug-likeness (QED) is 0.908. The van der Waals surface area contributed by atoms with Gasteiger partial charge in [-0.1, -0.05) is 12.1 Å². The lowest BCUT2D eigenvalue weighted by Crippen LogP contribution is -2.35. The average molecular weight is 346 g/mol. The van der Waals surface area contributed by atoms with Crippen molar-refractivity contribution in [1.29, 1.82) is 0 Å². The molecule has 2 aromatic carbocycles. The second-order valence-electron chi connectivity index (χ2n) is 6.48. The molecule has 1 fully saturated rings. The molecule has 0 aromatic heterocycles. The summed E-state index contributed by atoms with van der Waals surface area (Å²) in [6.07, 6.45) is -0.155. The van der Waals surface area contributed by atoms with Crippen molar-refractivity contribution in [1.82, 2.24) is 4.90 Å². The van der Waals surface area contributed by atoms with Gasteiger partial charge in [-0.3, -0.25) is 4.90 Å². The minimum Gasteiger partial charge on any atom is -0.465 e. The van der Waals surface area contributed by atoms with Crippen molar-refractivity contribution in [2.45, 2.75) is 6.42 Å².